The van der Waals surface area contributed by atoms with Crippen LogP contribution in [0.2, 0.25) is 0 Å². The van der Waals surface area contributed by atoms with E-state index < -0.39 is 0 Å². The molecule has 2 aromatic heterocycles. The zero-order chi connectivity index (χ0) is 17.8. The molecule has 0 saturated heterocycles. The first-order valence-electron chi connectivity index (χ1n) is 8.03. The lowest BCUT2D eigenvalue weighted by molar-refractivity contribution is 0.0863. The molecule has 3 rings (SSSR count). The van der Waals surface area contributed by atoms with Gasteiger partial charge in [0.25, 0.3) is 5.56 Å². The van der Waals surface area contributed by atoms with E-state index in [0.29, 0.717) is 13.1 Å². The molecule has 3 aromatic rings. The van der Waals surface area contributed by atoms with E-state index in [9.17, 15) is 4.79 Å². The number of aromatic nitrogens is 3. The smallest absolute Gasteiger partial charge is 0.250 e. The van der Waals surface area contributed by atoms with Gasteiger partial charge in [0.1, 0.15) is 6.10 Å². The van der Waals surface area contributed by atoms with E-state index >= 15 is 0 Å². The van der Waals surface area contributed by atoms with E-state index in [1.54, 1.807) is 30.0 Å². The number of ether oxygens (including phenoxy) is 1. The maximum absolute atomic E-state index is 12.1. The molecule has 0 aliphatic rings. The van der Waals surface area contributed by atoms with Crippen molar-refractivity contribution >= 4 is 15.9 Å². The van der Waals surface area contributed by atoms with E-state index in [0.717, 1.165) is 15.7 Å². The van der Waals surface area contributed by atoms with Gasteiger partial charge in [-0.2, -0.15) is 5.10 Å². The molecule has 25 heavy (non-hydrogen) atoms. The van der Waals surface area contributed by atoms with Crippen molar-refractivity contribution in [1.29, 1.82) is 0 Å². The monoisotopic (exact) mass is 401 g/mol. The first-order chi connectivity index (χ1) is 12.1. The van der Waals surface area contributed by atoms with Gasteiger partial charge in [0, 0.05) is 35.1 Å². The van der Waals surface area contributed by atoms with Crippen molar-refractivity contribution in [3.63, 3.8) is 0 Å². The summed E-state index contributed by atoms with van der Waals surface area (Å²) in [6.07, 6.45) is 3.37. The molecule has 0 saturated carbocycles. The highest BCUT2D eigenvalue weighted by atomic mass is 79.9. The Bertz CT molecular complexity index is 903. The predicted octanol–water partition coefficient (Wildman–Crippen LogP) is 3.55. The summed E-state index contributed by atoms with van der Waals surface area (Å²) in [5, 5.41) is 4.50. The van der Waals surface area contributed by atoms with Gasteiger partial charge in [-0.05, 0) is 34.5 Å². The number of rotatable bonds is 6. The van der Waals surface area contributed by atoms with Crippen molar-refractivity contribution in [2.24, 2.45) is 0 Å². The van der Waals surface area contributed by atoms with Crippen molar-refractivity contribution in [3.8, 4) is 0 Å². The molecule has 130 valence electrons. The summed E-state index contributed by atoms with van der Waals surface area (Å²) < 4.78 is 10.1. The first-order valence-corrected chi connectivity index (χ1v) is 8.83. The van der Waals surface area contributed by atoms with Crippen LogP contribution < -0.4 is 5.56 Å². The molecule has 0 N–H and O–H groups in total. The summed E-state index contributed by atoms with van der Waals surface area (Å²) in [6, 6.07) is 13.5. The number of nitrogens with zero attached hydrogens (tertiary/aromatic N) is 3. The average molecular weight is 402 g/mol. The first kappa shape index (κ1) is 17.6. The second-order valence-electron chi connectivity index (χ2n) is 5.89. The Hall–Kier alpha value is -2.18. The maximum atomic E-state index is 12.1. The van der Waals surface area contributed by atoms with Gasteiger partial charge in [0.15, 0.2) is 0 Å². The van der Waals surface area contributed by atoms with Gasteiger partial charge in [-0.3, -0.25) is 9.48 Å². The van der Waals surface area contributed by atoms with Crippen molar-refractivity contribution in [1.82, 2.24) is 14.3 Å². The standard InChI is InChI=1S/C19H20BrN3O2/c1-14-17(10-21-23(14)11-15-6-4-3-5-7-15)18(25-2)13-22-12-16(20)8-9-19(22)24/h3-10,12,18H,11,13H2,1-2H3. The van der Waals surface area contributed by atoms with Gasteiger partial charge in [-0.15, -0.1) is 0 Å². The highest BCUT2D eigenvalue weighted by Gasteiger charge is 2.18. The number of benzene rings is 1. The summed E-state index contributed by atoms with van der Waals surface area (Å²) in [5.41, 5.74) is 3.17. The number of hydrogen-bond donors (Lipinski definition) is 0. The van der Waals surface area contributed by atoms with Crippen LogP contribution in [-0.2, 0) is 17.8 Å². The molecule has 6 heteroatoms. The third-order valence-electron chi connectivity index (χ3n) is 4.26. The van der Waals surface area contributed by atoms with E-state index in [1.807, 2.05) is 36.0 Å². The summed E-state index contributed by atoms with van der Waals surface area (Å²) in [6.45, 7) is 3.17. The molecule has 5 nitrogen and oxygen atoms in total. The third-order valence-corrected chi connectivity index (χ3v) is 4.73. The second-order valence-corrected chi connectivity index (χ2v) is 6.81. The van der Waals surface area contributed by atoms with E-state index in [1.165, 1.54) is 5.56 Å². The third kappa shape index (κ3) is 4.08. The maximum Gasteiger partial charge on any atom is 0.250 e. The lowest BCUT2D eigenvalue weighted by Gasteiger charge is -2.17. The van der Waals surface area contributed by atoms with Crippen molar-refractivity contribution in [2.75, 3.05) is 7.11 Å². The SMILES string of the molecule is COC(Cn1cc(Br)ccc1=O)c1cnn(Cc2ccccc2)c1C. The summed E-state index contributed by atoms with van der Waals surface area (Å²) in [5.74, 6) is 0. The fraction of sp³-hybridized carbons (Fsp3) is 0.263. The van der Waals surface area contributed by atoms with Crippen LogP contribution in [-0.4, -0.2) is 21.5 Å². The van der Waals surface area contributed by atoms with E-state index in [-0.39, 0.29) is 11.7 Å². The zero-order valence-corrected chi connectivity index (χ0v) is 15.8. The number of pyridine rings is 1. The van der Waals surface area contributed by atoms with Crippen LogP contribution in [0.25, 0.3) is 0 Å². The molecule has 0 bridgehead atoms. The molecule has 0 aliphatic heterocycles. The Labute approximate surface area is 155 Å². The minimum Gasteiger partial charge on any atom is -0.375 e. The number of methoxy groups -OCH3 is 1. The molecule has 0 spiro atoms. The van der Waals surface area contributed by atoms with Gasteiger partial charge < -0.3 is 9.30 Å². The van der Waals surface area contributed by atoms with Crippen LogP contribution in [0.1, 0.15) is 22.9 Å². The Morgan fingerprint density at radius 3 is 2.68 bits per heavy atom. The molecule has 0 aliphatic carbocycles. The highest BCUT2D eigenvalue weighted by Crippen LogP contribution is 2.23. The quantitative estimate of drug-likeness (QED) is 0.634. The normalized spacial score (nSPS) is 12.3. The molecule has 0 radical (unpaired) electrons. The Morgan fingerprint density at radius 2 is 1.96 bits per heavy atom. The van der Waals surface area contributed by atoms with Crippen LogP contribution in [0, 0.1) is 6.92 Å². The van der Waals surface area contributed by atoms with Gasteiger partial charge in [0.05, 0.1) is 19.3 Å². The minimum absolute atomic E-state index is 0.0559. The molecule has 2 heterocycles. The molecule has 0 amide bonds. The van der Waals surface area contributed by atoms with E-state index in [4.69, 9.17) is 4.74 Å². The topological polar surface area (TPSA) is 49.1 Å². The Kier molecular flexibility index (Phi) is 5.50. The predicted molar refractivity (Wildman–Crippen MR) is 101 cm³/mol. The lowest BCUT2D eigenvalue weighted by atomic mass is 10.1. The molecule has 1 aromatic carbocycles. The van der Waals surface area contributed by atoms with Crippen LogP contribution >= 0.6 is 15.9 Å². The van der Waals surface area contributed by atoms with E-state index in [2.05, 4.69) is 33.2 Å². The molecule has 0 fully saturated rings. The van der Waals surface area contributed by atoms with Crippen LogP contribution in [0.3, 0.4) is 0 Å². The summed E-state index contributed by atoms with van der Waals surface area (Å²) >= 11 is 3.40. The van der Waals surface area contributed by atoms with Crippen molar-refractivity contribution < 1.29 is 4.74 Å². The fourth-order valence-corrected chi connectivity index (χ4v) is 3.20. The van der Waals surface area contributed by atoms with Gasteiger partial charge in [-0.25, -0.2) is 0 Å². The van der Waals surface area contributed by atoms with Crippen LogP contribution in [0.5, 0.6) is 0 Å². The van der Waals surface area contributed by atoms with Crippen LogP contribution in [0.4, 0.5) is 0 Å². The summed E-state index contributed by atoms with van der Waals surface area (Å²) in [7, 11) is 1.65. The van der Waals surface area contributed by atoms with Crippen LogP contribution in [0.15, 0.2) is 64.1 Å². The Balaban J connectivity index is 1.84. The zero-order valence-electron chi connectivity index (χ0n) is 14.2. The Morgan fingerprint density at radius 1 is 1.20 bits per heavy atom. The molecular formula is C19H20BrN3O2. The molecule has 1 atom stereocenters. The fourth-order valence-electron chi connectivity index (χ4n) is 2.82. The average Bonchev–Trinajstić information content (AvgIpc) is 2.97. The van der Waals surface area contributed by atoms with Crippen molar-refractivity contribution in [2.45, 2.75) is 26.1 Å². The minimum atomic E-state index is -0.239. The van der Waals surface area contributed by atoms with Gasteiger partial charge in [0.2, 0.25) is 0 Å². The largest absolute Gasteiger partial charge is 0.375 e. The molecular weight excluding hydrogens is 382 g/mol. The number of hydrogen-bond acceptors (Lipinski definition) is 3. The molecule has 1 unspecified atom stereocenters. The second kappa shape index (κ2) is 7.80. The van der Waals surface area contributed by atoms with Gasteiger partial charge in [-0.1, -0.05) is 30.3 Å². The summed E-state index contributed by atoms with van der Waals surface area (Å²) in [4.78, 5) is 12.1. The van der Waals surface area contributed by atoms with Crippen molar-refractivity contribution in [3.05, 3.63) is 86.5 Å². The van der Waals surface area contributed by atoms with Gasteiger partial charge >= 0.3 is 0 Å². The lowest BCUT2D eigenvalue weighted by Crippen LogP contribution is -2.23. The highest BCUT2D eigenvalue weighted by molar-refractivity contribution is 9.10. The number of halogens is 1.